The van der Waals surface area contributed by atoms with Crippen LogP contribution in [0, 0.1) is 13.8 Å². The van der Waals surface area contributed by atoms with Crippen LogP contribution in [0.5, 0.6) is 0 Å². The lowest BCUT2D eigenvalue weighted by Gasteiger charge is -2.04. The molecule has 0 bridgehead atoms. The van der Waals surface area contributed by atoms with Crippen LogP contribution in [-0.4, -0.2) is 25.5 Å². The van der Waals surface area contributed by atoms with Crippen molar-refractivity contribution in [3.63, 3.8) is 0 Å². The molecule has 0 aliphatic carbocycles. The highest BCUT2D eigenvalue weighted by molar-refractivity contribution is 6.05. The van der Waals surface area contributed by atoms with Crippen LogP contribution in [0.25, 0.3) is 0 Å². The molecule has 25 heavy (non-hydrogen) atoms. The zero-order valence-corrected chi connectivity index (χ0v) is 14.9. The van der Waals surface area contributed by atoms with E-state index in [1.807, 2.05) is 54.5 Å². The lowest BCUT2D eigenvalue weighted by Crippen LogP contribution is -2.14. The number of hydrogen-bond donors (Lipinski definition) is 1. The van der Waals surface area contributed by atoms with E-state index in [4.69, 9.17) is 0 Å². The smallest absolute Gasteiger partial charge is 0.259 e. The zero-order valence-electron chi connectivity index (χ0n) is 14.9. The van der Waals surface area contributed by atoms with E-state index in [-0.39, 0.29) is 5.91 Å². The summed E-state index contributed by atoms with van der Waals surface area (Å²) in [5.41, 5.74) is 4.23. The maximum absolute atomic E-state index is 12.6. The molecule has 2 aromatic heterocycles. The molecule has 0 saturated heterocycles. The number of anilines is 1. The second-order valence-corrected chi connectivity index (χ2v) is 6.04. The number of rotatable bonds is 6. The number of carbonyl (C=O) groups excluding carboxylic acids is 1. The van der Waals surface area contributed by atoms with Gasteiger partial charge in [-0.05, 0) is 32.8 Å². The van der Waals surface area contributed by atoms with Crippen molar-refractivity contribution in [1.82, 2.24) is 19.6 Å². The number of nitrogens with one attached hydrogen (secondary N) is 1. The number of nitrogens with zero attached hydrogens (tertiary/aromatic N) is 4. The van der Waals surface area contributed by atoms with Crippen LogP contribution >= 0.6 is 0 Å². The number of benzene rings is 1. The van der Waals surface area contributed by atoms with Gasteiger partial charge < -0.3 is 5.32 Å². The fourth-order valence-corrected chi connectivity index (χ4v) is 2.97. The van der Waals surface area contributed by atoms with Crippen molar-refractivity contribution in [2.45, 2.75) is 40.3 Å². The summed E-state index contributed by atoms with van der Waals surface area (Å²) in [6, 6.07) is 10.3. The minimum absolute atomic E-state index is 0.141. The first-order valence-corrected chi connectivity index (χ1v) is 8.50. The van der Waals surface area contributed by atoms with Crippen LogP contribution in [0.15, 0.2) is 42.7 Å². The van der Waals surface area contributed by atoms with Gasteiger partial charge in [0.1, 0.15) is 0 Å². The SMILES string of the molecule is CCn1nc(C)c(C(=O)Nc2cnn(CCc3ccccc3)c2)c1C. The molecule has 0 atom stereocenters. The standard InChI is InChI=1S/C19H23N5O/c1-4-24-15(3)18(14(2)22-24)19(25)21-17-12-20-23(13-17)11-10-16-8-6-5-7-9-16/h5-9,12-13H,4,10-11H2,1-3H3,(H,21,25). The number of aromatic nitrogens is 4. The molecule has 0 spiro atoms. The van der Waals surface area contributed by atoms with E-state index in [1.54, 1.807) is 6.20 Å². The van der Waals surface area contributed by atoms with Crippen LogP contribution in [0.2, 0.25) is 0 Å². The summed E-state index contributed by atoms with van der Waals surface area (Å²) in [5, 5.41) is 11.6. The Hall–Kier alpha value is -2.89. The summed E-state index contributed by atoms with van der Waals surface area (Å²) in [4.78, 5) is 12.6. The Labute approximate surface area is 147 Å². The summed E-state index contributed by atoms with van der Waals surface area (Å²) in [7, 11) is 0. The Bertz CT molecular complexity index is 863. The summed E-state index contributed by atoms with van der Waals surface area (Å²) in [5.74, 6) is -0.141. The number of carbonyl (C=O) groups is 1. The monoisotopic (exact) mass is 337 g/mol. The Morgan fingerprint density at radius 3 is 2.64 bits per heavy atom. The van der Waals surface area contributed by atoms with Crippen LogP contribution in [0.3, 0.4) is 0 Å². The highest BCUT2D eigenvalue weighted by atomic mass is 16.1. The fraction of sp³-hybridized carbons (Fsp3) is 0.316. The first-order chi connectivity index (χ1) is 12.1. The molecular formula is C19H23N5O. The van der Waals surface area contributed by atoms with Gasteiger partial charge >= 0.3 is 0 Å². The van der Waals surface area contributed by atoms with Gasteiger partial charge in [0.15, 0.2) is 0 Å². The van der Waals surface area contributed by atoms with Gasteiger partial charge in [0.2, 0.25) is 0 Å². The van der Waals surface area contributed by atoms with E-state index in [2.05, 4.69) is 27.6 Å². The summed E-state index contributed by atoms with van der Waals surface area (Å²) in [6.45, 7) is 7.31. The van der Waals surface area contributed by atoms with Crippen LogP contribution < -0.4 is 5.32 Å². The average Bonchev–Trinajstić information content (AvgIpc) is 3.17. The first kappa shape index (κ1) is 17.0. The van der Waals surface area contributed by atoms with Crippen molar-refractivity contribution < 1.29 is 4.79 Å². The van der Waals surface area contributed by atoms with Gasteiger partial charge in [0, 0.05) is 25.0 Å². The minimum Gasteiger partial charge on any atom is -0.319 e. The molecule has 2 heterocycles. The zero-order chi connectivity index (χ0) is 17.8. The lowest BCUT2D eigenvalue weighted by atomic mass is 10.1. The third-order valence-electron chi connectivity index (χ3n) is 4.27. The molecule has 0 saturated carbocycles. The van der Waals surface area contributed by atoms with Crippen molar-refractivity contribution in [1.29, 1.82) is 0 Å². The second-order valence-electron chi connectivity index (χ2n) is 6.04. The predicted octanol–water partition coefficient (Wildman–Crippen LogP) is 3.21. The Balaban J connectivity index is 1.65. The molecule has 3 rings (SSSR count). The third kappa shape index (κ3) is 3.79. The molecule has 1 N–H and O–H groups in total. The molecule has 6 heteroatoms. The Morgan fingerprint density at radius 2 is 1.96 bits per heavy atom. The van der Waals surface area contributed by atoms with Crippen molar-refractivity contribution >= 4 is 11.6 Å². The summed E-state index contributed by atoms with van der Waals surface area (Å²) in [6.07, 6.45) is 4.44. The van der Waals surface area contributed by atoms with Crippen molar-refractivity contribution in [3.05, 3.63) is 65.2 Å². The molecule has 0 aliphatic rings. The maximum Gasteiger partial charge on any atom is 0.259 e. The van der Waals surface area contributed by atoms with Gasteiger partial charge in [-0.2, -0.15) is 10.2 Å². The molecule has 6 nitrogen and oxygen atoms in total. The molecule has 0 radical (unpaired) electrons. The van der Waals surface area contributed by atoms with Crippen molar-refractivity contribution in [3.8, 4) is 0 Å². The van der Waals surface area contributed by atoms with E-state index in [1.165, 1.54) is 5.56 Å². The van der Waals surface area contributed by atoms with Crippen LogP contribution in [-0.2, 0) is 19.5 Å². The van der Waals surface area contributed by atoms with Gasteiger partial charge in [-0.1, -0.05) is 30.3 Å². The number of hydrogen-bond acceptors (Lipinski definition) is 3. The summed E-state index contributed by atoms with van der Waals surface area (Å²) < 4.78 is 3.69. The molecule has 130 valence electrons. The second kappa shape index (κ2) is 7.34. The largest absolute Gasteiger partial charge is 0.319 e. The van der Waals surface area contributed by atoms with Crippen LogP contribution in [0.1, 0.15) is 34.2 Å². The molecular weight excluding hydrogens is 314 g/mol. The van der Waals surface area contributed by atoms with E-state index in [0.717, 1.165) is 30.9 Å². The van der Waals surface area contributed by atoms with Gasteiger partial charge in [-0.3, -0.25) is 14.2 Å². The number of aryl methyl sites for hydroxylation is 4. The quantitative estimate of drug-likeness (QED) is 0.751. The van der Waals surface area contributed by atoms with Gasteiger partial charge in [0.25, 0.3) is 5.91 Å². The lowest BCUT2D eigenvalue weighted by molar-refractivity contribution is 0.102. The van der Waals surface area contributed by atoms with Crippen molar-refractivity contribution in [2.75, 3.05) is 5.32 Å². The van der Waals surface area contributed by atoms with Gasteiger partial charge in [-0.25, -0.2) is 0 Å². The van der Waals surface area contributed by atoms with E-state index >= 15 is 0 Å². The third-order valence-corrected chi connectivity index (χ3v) is 4.27. The molecule has 1 amide bonds. The first-order valence-electron chi connectivity index (χ1n) is 8.50. The predicted molar refractivity (Wildman–Crippen MR) is 97.7 cm³/mol. The molecule has 0 fully saturated rings. The van der Waals surface area contributed by atoms with E-state index < -0.39 is 0 Å². The normalized spacial score (nSPS) is 10.8. The summed E-state index contributed by atoms with van der Waals surface area (Å²) >= 11 is 0. The van der Waals surface area contributed by atoms with Gasteiger partial charge in [-0.15, -0.1) is 0 Å². The van der Waals surface area contributed by atoms with Gasteiger partial charge in [0.05, 0.1) is 23.1 Å². The Morgan fingerprint density at radius 1 is 1.20 bits per heavy atom. The fourth-order valence-electron chi connectivity index (χ4n) is 2.97. The minimum atomic E-state index is -0.141. The molecule has 3 aromatic rings. The highest BCUT2D eigenvalue weighted by Gasteiger charge is 2.18. The molecule has 0 aliphatic heterocycles. The van der Waals surface area contributed by atoms with E-state index in [0.29, 0.717) is 11.3 Å². The van der Waals surface area contributed by atoms with Crippen LogP contribution in [0.4, 0.5) is 5.69 Å². The average molecular weight is 337 g/mol. The number of amides is 1. The van der Waals surface area contributed by atoms with E-state index in [9.17, 15) is 4.79 Å². The maximum atomic E-state index is 12.6. The van der Waals surface area contributed by atoms with Crippen molar-refractivity contribution in [2.24, 2.45) is 0 Å². The Kier molecular flexibility index (Phi) is 4.97. The highest BCUT2D eigenvalue weighted by Crippen LogP contribution is 2.16. The molecule has 0 unspecified atom stereocenters. The topological polar surface area (TPSA) is 64.7 Å². The molecule has 1 aromatic carbocycles.